The molecule has 22 nitrogen and oxygen atoms in total. The van der Waals surface area contributed by atoms with E-state index < -0.39 is 56.5 Å². The van der Waals surface area contributed by atoms with Crippen LogP contribution >= 0.6 is 0 Å². The van der Waals surface area contributed by atoms with Crippen molar-refractivity contribution >= 4 is 34.9 Å². The quantitative estimate of drug-likeness (QED) is 0.0675. The molecule has 2 saturated heterocycles. The molecular formula is C40H48N10O12. The molecule has 2 atom stereocenters. The van der Waals surface area contributed by atoms with E-state index >= 15 is 0 Å². The van der Waals surface area contributed by atoms with Gasteiger partial charge >= 0.3 is 23.3 Å². The Bertz CT molecular complexity index is 2370. The lowest BCUT2D eigenvalue weighted by Gasteiger charge is -2.38. The summed E-state index contributed by atoms with van der Waals surface area (Å²) < 4.78 is 16.5. The number of anilines is 2. The average Bonchev–Trinajstić information content (AvgIpc) is 3.25. The van der Waals surface area contributed by atoms with Crippen LogP contribution in [0.1, 0.15) is 11.1 Å². The molecule has 2 aliphatic heterocycles. The van der Waals surface area contributed by atoms with E-state index in [0.717, 1.165) is 9.13 Å². The number of esters is 2. The molecule has 62 heavy (non-hydrogen) atoms. The summed E-state index contributed by atoms with van der Waals surface area (Å²) in [6.45, 7) is 3.87. The van der Waals surface area contributed by atoms with Gasteiger partial charge in [0.15, 0.2) is 0 Å². The molecule has 4 heterocycles. The highest BCUT2D eigenvalue weighted by Crippen LogP contribution is 2.20. The SMILES string of the molecule is Cn1c(N2CCN(CC(Cc3ccc([N+](=O)[O-])cc3)OC(=O)C(=O)OC(Cc3ccc([N+](=O)[O-])cc3)CN3CCN(c4cc(=O)n(C)c(=O)n4C)CC3)CC2)cc(=O)n(C)c1=O. The third kappa shape index (κ3) is 10.5. The maximum Gasteiger partial charge on any atom is 0.417 e. The monoisotopic (exact) mass is 860 g/mol. The molecule has 2 aromatic heterocycles. The maximum atomic E-state index is 13.6. The number of hydrogen-bond acceptors (Lipinski definition) is 16. The predicted molar refractivity (Wildman–Crippen MR) is 225 cm³/mol. The molecule has 0 aliphatic carbocycles. The zero-order valence-corrected chi connectivity index (χ0v) is 34.8. The molecule has 6 rings (SSSR count). The first kappa shape index (κ1) is 44.6. The first-order valence-electron chi connectivity index (χ1n) is 19.9. The number of carbonyl (C=O) groups excluding carboxylic acids is 2. The molecule has 2 fully saturated rings. The van der Waals surface area contributed by atoms with E-state index in [1.807, 2.05) is 19.6 Å². The molecule has 2 aromatic carbocycles. The highest BCUT2D eigenvalue weighted by atomic mass is 16.6. The summed E-state index contributed by atoms with van der Waals surface area (Å²) in [4.78, 5) is 106. The van der Waals surface area contributed by atoms with Crippen LogP contribution in [-0.2, 0) is 60.1 Å². The summed E-state index contributed by atoms with van der Waals surface area (Å²) in [6, 6.07) is 14.3. The fraction of sp³-hybridized carbons (Fsp3) is 0.450. The smallest absolute Gasteiger partial charge is 0.417 e. The summed E-state index contributed by atoms with van der Waals surface area (Å²) in [5.41, 5.74) is -0.800. The Morgan fingerprint density at radius 1 is 0.548 bits per heavy atom. The molecule has 2 unspecified atom stereocenters. The second-order valence-electron chi connectivity index (χ2n) is 15.4. The number of benzene rings is 2. The lowest BCUT2D eigenvalue weighted by molar-refractivity contribution is -0.385. The number of non-ortho nitro benzene ring substituents is 2. The Kier molecular flexibility index (Phi) is 13.8. The Labute approximate surface area is 353 Å². The standard InChI is InChI=1S/C40H48N10O12/c1-41-33(23-35(51)43(3)39(41)55)47-17-13-45(14-18-47)25-31(21-27-5-9-29(10-6-27)49(57)58)61-37(53)38(54)62-32(22-28-7-11-30(12-8-28)50(59)60)26-46-15-19-48(20-16-46)34-24-36(52)44(4)40(56)42(34)2/h5-12,23-24,31-32H,13-22,25-26H2,1-4H3. The number of nitro benzene ring substituents is 2. The van der Waals surface area contributed by atoms with E-state index in [1.165, 1.54) is 59.6 Å². The van der Waals surface area contributed by atoms with Gasteiger partial charge in [0.1, 0.15) is 23.8 Å². The molecule has 22 heteroatoms. The first-order chi connectivity index (χ1) is 29.5. The highest BCUT2D eigenvalue weighted by molar-refractivity contribution is 6.29. The van der Waals surface area contributed by atoms with Crippen molar-refractivity contribution in [2.45, 2.75) is 25.0 Å². The molecule has 0 radical (unpaired) electrons. The molecule has 0 saturated carbocycles. The first-order valence-corrected chi connectivity index (χ1v) is 19.9. The van der Waals surface area contributed by atoms with Gasteiger partial charge in [0, 0.05) is 143 Å². The highest BCUT2D eigenvalue weighted by Gasteiger charge is 2.31. The summed E-state index contributed by atoms with van der Waals surface area (Å²) >= 11 is 0. The number of piperazine rings is 2. The van der Waals surface area contributed by atoms with Gasteiger partial charge in [-0.1, -0.05) is 24.3 Å². The van der Waals surface area contributed by atoms with Crippen molar-refractivity contribution in [2.75, 3.05) is 75.2 Å². The van der Waals surface area contributed by atoms with Crippen molar-refractivity contribution in [3.8, 4) is 0 Å². The van der Waals surface area contributed by atoms with Gasteiger partial charge in [-0.2, -0.15) is 0 Å². The second-order valence-corrected chi connectivity index (χ2v) is 15.4. The Hall–Kier alpha value is -6.94. The van der Waals surface area contributed by atoms with E-state index in [4.69, 9.17) is 9.47 Å². The van der Waals surface area contributed by atoms with E-state index in [1.54, 1.807) is 38.4 Å². The molecule has 0 bridgehead atoms. The number of hydrogen-bond donors (Lipinski definition) is 0. The number of nitro groups is 2. The summed E-state index contributed by atoms with van der Waals surface area (Å²) in [6.07, 6.45) is -1.58. The van der Waals surface area contributed by atoms with Crippen LogP contribution in [0.3, 0.4) is 0 Å². The number of nitrogens with zero attached hydrogens (tertiary/aromatic N) is 10. The third-order valence-electron chi connectivity index (χ3n) is 11.3. The second kappa shape index (κ2) is 19.2. The number of aromatic nitrogens is 4. The lowest BCUT2D eigenvalue weighted by atomic mass is 10.1. The van der Waals surface area contributed by atoms with Crippen LogP contribution in [0.15, 0.2) is 79.8 Å². The molecule has 0 spiro atoms. The van der Waals surface area contributed by atoms with Gasteiger partial charge in [-0.15, -0.1) is 0 Å². The zero-order valence-electron chi connectivity index (χ0n) is 34.8. The number of rotatable bonds is 14. The van der Waals surface area contributed by atoms with Gasteiger partial charge in [-0.05, 0) is 11.1 Å². The van der Waals surface area contributed by atoms with Crippen LogP contribution in [0.2, 0.25) is 0 Å². The van der Waals surface area contributed by atoms with Crippen molar-refractivity contribution in [1.29, 1.82) is 0 Å². The minimum Gasteiger partial charge on any atom is -0.452 e. The summed E-state index contributed by atoms with van der Waals surface area (Å²) in [5, 5.41) is 22.6. The maximum absolute atomic E-state index is 13.6. The van der Waals surface area contributed by atoms with E-state index in [-0.39, 0.29) is 37.3 Å². The molecule has 0 amide bonds. The molecule has 330 valence electrons. The molecule has 4 aromatic rings. The minimum atomic E-state index is -1.25. The van der Waals surface area contributed by atoms with Gasteiger partial charge in [0.25, 0.3) is 22.5 Å². The van der Waals surface area contributed by atoms with Gasteiger partial charge in [-0.3, -0.25) is 57.9 Å². The van der Waals surface area contributed by atoms with Crippen molar-refractivity contribution in [1.82, 2.24) is 28.1 Å². The predicted octanol–water partition coefficient (Wildman–Crippen LogP) is -0.449. The molecular weight excluding hydrogens is 812 g/mol. The molecule has 0 N–H and O–H groups in total. The lowest BCUT2D eigenvalue weighted by Crippen LogP contribution is -2.52. The summed E-state index contributed by atoms with van der Waals surface area (Å²) in [7, 11) is 5.98. The van der Waals surface area contributed by atoms with Gasteiger partial charge in [0.2, 0.25) is 0 Å². The van der Waals surface area contributed by atoms with E-state index in [0.29, 0.717) is 75.1 Å². The van der Waals surface area contributed by atoms with Gasteiger partial charge in [0.05, 0.1) is 9.85 Å². The third-order valence-corrected chi connectivity index (χ3v) is 11.3. The topological polar surface area (TPSA) is 240 Å². The van der Waals surface area contributed by atoms with Gasteiger partial charge < -0.3 is 19.3 Å². The van der Waals surface area contributed by atoms with Crippen molar-refractivity contribution in [3.05, 3.63) is 134 Å². The van der Waals surface area contributed by atoms with Crippen molar-refractivity contribution in [2.24, 2.45) is 28.2 Å². The van der Waals surface area contributed by atoms with Crippen LogP contribution in [0.25, 0.3) is 0 Å². The normalized spacial score (nSPS) is 15.8. The van der Waals surface area contributed by atoms with Crippen LogP contribution in [-0.4, -0.2) is 128 Å². The van der Waals surface area contributed by atoms with Gasteiger partial charge in [-0.25, -0.2) is 19.2 Å². The minimum absolute atomic E-state index is 0.107. The Morgan fingerprint density at radius 2 is 0.871 bits per heavy atom. The number of ether oxygens (including phenoxy) is 2. The fourth-order valence-corrected chi connectivity index (χ4v) is 7.66. The molecule has 2 aliphatic rings. The Balaban J connectivity index is 1.15. The summed E-state index contributed by atoms with van der Waals surface area (Å²) in [5.74, 6) is -1.57. The van der Waals surface area contributed by atoms with Crippen LogP contribution in [0, 0.1) is 20.2 Å². The van der Waals surface area contributed by atoms with Crippen LogP contribution < -0.4 is 32.3 Å². The fourth-order valence-electron chi connectivity index (χ4n) is 7.66. The Morgan fingerprint density at radius 3 is 1.18 bits per heavy atom. The van der Waals surface area contributed by atoms with Crippen molar-refractivity contribution < 1.29 is 28.9 Å². The van der Waals surface area contributed by atoms with Crippen molar-refractivity contribution in [3.63, 3.8) is 0 Å². The largest absolute Gasteiger partial charge is 0.452 e. The number of carbonyl (C=O) groups is 2. The van der Waals surface area contributed by atoms with Crippen LogP contribution in [0.4, 0.5) is 23.0 Å². The van der Waals surface area contributed by atoms with E-state index in [9.17, 15) is 49.0 Å². The van der Waals surface area contributed by atoms with E-state index in [2.05, 4.69) is 0 Å². The van der Waals surface area contributed by atoms with Crippen LogP contribution in [0.5, 0.6) is 0 Å². The average molecular weight is 861 g/mol. The zero-order chi connectivity index (χ0) is 44.8.